The second-order valence-electron chi connectivity index (χ2n) is 10.2. The van der Waals surface area contributed by atoms with Crippen LogP contribution >= 0.6 is 0 Å². The lowest BCUT2D eigenvalue weighted by molar-refractivity contribution is 0.0938. The quantitative estimate of drug-likeness (QED) is 0.312. The molecule has 12 heteroatoms. The Labute approximate surface area is 231 Å². The molecule has 1 atom stereocenters. The van der Waals surface area contributed by atoms with E-state index in [4.69, 9.17) is 10.5 Å². The van der Waals surface area contributed by atoms with Gasteiger partial charge in [-0.05, 0) is 32.8 Å². The summed E-state index contributed by atoms with van der Waals surface area (Å²) in [4.78, 5) is 52.7. The molecule has 1 amide bonds. The average molecular weight is 549 g/mol. The van der Waals surface area contributed by atoms with Crippen LogP contribution in [0.1, 0.15) is 41.6 Å². The van der Waals surface area contributed by atoms with E-state index in [1.54, 1.807) is 14.2 Å². The minimum Gasteiger partial charge on any atom is -0.383 e. The van der Waals surface area contributed by atoms with E-state index in [0.29, 0.717) is 49.0 Å². The van der Waals surface area contributed by atoms with Crippen molar-refractivity contribution < 1.29 is 9.53 Å². The summed E-state index contributed by atoms with van der Waals surface area (Å²) in [6.45, 7) is 5.97. The van der Waals surface area contributed by atoms with Gasteiger partial charge in [-0.1, -0.05) is 18.2 Å². The van der Waals surface area contributed by atoms with Gasteiger partial charge in [0.15, 0.2) is 0 Å². The molecule has 1 aromatic carbocycles. The van der Waals surface area contributed by atoms with Crippen LogP contribution in [0.25, 0.3) is 21.9 Å². The second kappa shape index (κ2) is 11.2. The number of ether oxygens (including phenoxy) is 1. The summed E-state index contributed by atoms with van der Waals surface area (Å²) in [6.07, 6.45) is 1.74. The third-order valence-electron chi connectivity index (χ3n) is 7.54. The number of methoxy groups -OCH3 is 1. The summed E-state index contributed by atoms with van der Waals surface area (Å²) >= 11 is 0. The molecule has 0 aliphatic carbocycles. The van der Waals surface area contributed by atoms with Gasteiger partial charge in [0, 0.05) is 57.5 Å². The van der Waals surface area contributed by atoms with Gasteiger partial charge in [0.2, 0.25) is 0 Å². The molecule has 12 nitrogen and oxygen atoms in total. The molecule has 40 heavy (non-hydrogen) atoms. The Morgan fingerprint density at radius 1 is 1.18 bits per heavy atom. The number of anilines is 1. The van der Waals surface area contributed by atoms with Crippen molar-refractivity contribution in [3.8, 4) is 0 Å². The van der Waals surface area contributed by atoms with Crippen LogP contribution in [-0.4, -0.2) is 69.0 Å². The Balaban J connectivity index is 1.73. The number of benzene rings is 1. The minimum absolute atomic E-state index is 0.0600. The fraction of sp³-hybridized carbons (Fsp3) is 0.464. The molecule has 0 radical (unpaired) electrons. The zero-order valence-corrected chi connectivity index (χ0v) is 23.4. The van der Waals surface area contributed by atoms with Crippen molar-refractivity contribution in [3.05, 3.63) is 62.2 Å². The van der Waals surface area contributed by atoms with E-state index in [9.17, 15) is 14.4 Å². The van der Waals surface area contributed by atoms with Crippen molar-refractivity contribution in [1.29, 1.82) is 0 Å². The van der Waals surface area contributed by atoms with Gasteiger partial charge in [-0.3, -0.25) is 18.7 Å². The van der Waals surface area contributed by atoms with Crippen LogP contribution in [0.15, 0.2) is 33.9 Å². The van der Waals surface area contributed by atoms with E-state index < -0.39 is 11.2 Å². The maximum absolute atomic E-state index is 14.1. The molecule has 212 valence electrons. The summed E-state index contributed by atoms with van der Waals surface area (Å²) in [5, 5.41) is 3.80. The highest BCUT2D eigenvalue weighted by Crippen LogP contribution is 2.32. The number of para-hydroxylation sites is 1. The monoisotopic (exact) mass is 548 g/mol. The number of nitrogens with zero attached hydrogens (tertiary/aromatic N) is 6. The summed E-state index contributed by atoms with van der Waals surface area (Å²) in [6, 6.07) is 7.56. The van der Waals surface area contributed by atoms with Gasteiger partial charge in [0.1, 0.15) is 22.7 Å². The normalized spacial score (nSPS) is 15.7. The van der Waals surface area contributed by atoms with Crippen molar-refractivity contribution in [2.45, 2.75) is 45.8 Å². The predicted molar refractivity (Wildman–Crippen MR) is 154 cm³/mol. The zero-order valence-electron chi connectivity index (χ0n) is 23.4. The Hall–Kier alpha value is -4.03. The molecule has 0 unspecified atom stereocenters. The van der Waals surface area contributed by atoms with Crippen LogP contribution in [-0.2, 0) is 24.9 Å². The van der Waals surface area contributed by atoms with Gasteiger partial charge in [-0.2, -0.15) is 0 Å². The van der Waals surface area contributed by atoms with E-state index in [1.807, 2.05) is 42.7 Å². The molecule has 0 spiro atoms. The Bertz CT molecular complexity index is 1700. The minimum atomic E-state index is -0.548. The molecule has 0 bridgehead atoms. The van der Waals surface area contributed by atoms with Crippen molar-refractivity contribution in [2.24, 2.45) is 12.8 Å². The van der Waals surface area contributed by atoms with Gasteiger partial charge in [0.05, 0.1) is 24.2 Å². The number of aryl methyl sites for hydroxylation is 3. The summed E-state index contributed by atoms with van der Waals surface area (Å²) in [5.74, 6) is 0.596. The fourth-order valence-corrected chi connectivity index (χ4v) is 5.68. The Morgan fingerprint density at radius 2 is 1.95 bits per heavy atom. The topological polar surface area (TPSA) is 142 Å². The number of fused-ring (bicyclic) bond motifs is 2. The molecule has 5 rings (SSSR count). The number of carbonyl (C=O) groups is 1. The van der Waals surface area contributed by atoms with Crippen molar-refractivity contribution in [3.63, 3.8) is 0 Å². The van der Waals surface area contributed by atoms with Crippen LogP contribution in [0.5, 0.6) is 0 Å². The molecule has 1 fully saturated rings. The van der Waals surface area contributed by atoms with Gasteiger partial charge in [-0.25, -0.2) is 14.8 Å². The number of rotatable bonds is 8. The molecule has 3 aromatic heterocycles. The maximum Gasteiger partial charge on any atom is 0.331 e. The number of amides is 1. The summed E-state index contributed by atoms with van der Waals surface area (Å²) in [7, 11) is 3.15. The van der Waals surface area contributed by atoms with Gasteiger partial charge in [-0.15, -0.1) is 0 Å². The first-order valence-electron chi connectivity index (χ1n) is 13.6. The Kier molecular flexibility index (Phi) is 7.72. The van der Waals surface area contributed by atoms with Gasteiger partial charge in [0.25, 0.3) is 11.5 Å². The van der Waals surface area contributed by atoms with E-state index in [0.717, 1.165) is 34.0 Å². The molecule has 1 saturated heterocycles. The summed E-state index contributed by atoms with van der Waals surface area (Å²) in [5.41, 5.74) is 7.66. The number of nitrogens with one attached hydrogen (secondary N) is 1. The predicted octanol–water partition coefficient (Wildman–Crippen LogP) is 1.13. The number of hydrogen-bond donors (Lipinski definition) is 2. The highest BCUT2D eigenvalue weighted by atomic mass is 16.5. The molecule has 1 aliphatic rings. The summed E-state index contributed by atoms with van der Waals surface area (Å²) < 4.78 is 9.47. The van der Waals surface area contributed by atoms with Crippen molar-refractivity contribution in [1.82, 2.24) is 29.0 Å². The van der Waals surface area contributed by atoms with Crippen molar-refractivity contribution >= 4 is 33.7 Å². The fourth-order valence-electron chi connectivity index (χ4n) is 5.68. The smallest absolute Gasteiger partial charge is 0.331 e. The lowest BCUT2D eigenvalue weighted by atomic mass is 10.1. The standard InChI is InChI=1S/C28H36N8O4/c1-5-35-24-23(22(25(37)30-12-14-40-4)26(35)34-13-8-9-18(29)15-34)33(3)28(39)36(27(24)38)16-21-31-17(2)19-10-6-7-11-20(19)32-21/h6-7,10-11,18H,5,8-9,12-16,29H2,1-4H3,(H,30,37)/t18-/m1/s1. The second-order valence-corrected chi connectivity index (χ2v) is 10.2. The number of carbonyl (C=O) groups excluding carboxylic acids is 1. The number of hydrogen-bond acceptors (Lipinski definition) is 8. The molecule has 4 heterocycles. The molecular weight excluding hydrogens is 512 g/mol. The van der Waals surface area contributed by atoms with E-state index >= 15 is 0 Å². The number of aromatic nitrogens is 5. The van der Waals surface area contributed by atoms with Crippen LogP contribution in [0.2, 0.25) is 0 Å². The number of nitrogens with two attached hydrogens (primary N) is 1. The third-order valence-corrected chi connectivity index (χ3v) is 7.54. The van der Waals surface area contributed by atoms with E-state index in [1.165, 1.54) is 4.57 Å². The molecular formula is C28H36N8O4. The lowest BCUT2D eigenvalue weighted by Crippen LogP contribution is -2.44. The van der Waals surface area contributed by atoms with Crippen molar-refractivity contribution in [2.75, 3.05) is 38.3 Å². The largest absolute Gasteiger partial charge is 0.383 e. The molecule has 4 aromatic rings. The van der Waals surface area contributed by atoms with Gasteiger partial charge < -0.3 is 25.3 Å². The SMILES string of the molecule is CCn1c(N2CCC[C@@H](N)C2)c(C(=O)NCCOC)c2c1c(=O)n(Cc1nc(C)c3ccccc3n1)c(=O)n2C. The first-order valence-corrected chi connectivity index (χ1v) is 13.6. The van der Waals surface area contributed by atoms with Gasteiger partial charge >= 0.3 is 5.69 Å². The first-order chi connectivity index (χ1) is 19.3. The highest BCUT2D eigenvalue weighted by Gasteiger charge is 2.32. The average Bonchev–Trinajstić information content (AvgIpc) is 3.30. The molecule has 3 N–H and O–H groups in total. The lowest BCUT2D eigenvalue weighted by Gasteiger charge is -2.33. The number of piperidine rings is 1. The van der Waals surface area contributed by atoms with E-state index in [2.05, 4.69) is 20.2 Å². The first kappa shape index (κ1) is 27.5. The van der Waals surface area contributed by atoms with E-state index in [-0.39, 0.29) is 30.6 Å². The van der Waals surface area contributed by atoms with Crippen LogP contribution in [0, 0.1) is 6.92 Å². The van der Waals surface area contributed by atoms with Crippen LogP contribution < -0.4 is 27.2 Å². The zero-order chi connectivity index (χ0) is 28.6. The Morgan fingerprint density at radius 3 is 2.67 bits per heavy atom. The third kappa shape index (κ3) is 4.77. The maximum atomic E-state index is 14.1. The van der Waals surface area contributed by atoms with Crippen LogP contribution in [0.4, 0.5) is 5.82 Å². The van der Waals surface area contributed by atoms with Crippen LogP contribution in [0.3, 0.4) is 0 Å². The molecule has 1 aliphatic heterocycles. The highest BCUT2D eigenvalue weighted by molar-refractivity contribution is 6.11. The molecule has 0 saturated carbocycles.